The molecule has 1 N–H and O–H groups in total. The Hall–Kier alpha value is -3.60. The molecule has 0 aliphatic rings. The van der Waals surface area contributed by atoms with E-state index in [9.17, 15) is 13.2 Å². The van der Waals surface area contributed by atoms with Crippen LogP contribution in [0.25, 0.3) is 28.3 Å². The quantitative estimate of drug-likeness (QED) is 0.459. The van der Waals surface area contributed by atoms with Gasteiger partial charge < -0.3 is 9.58 Å². The Morgan fingerprint density at radius 2 is 1.89 bits per heavy atom. The van der Waals surface area contributed by atoms with Gasteiger partial charge >= 0.3 is 12.0 Å². The molecule has 0 radical (unpaired) electrons. The van der Waals surface area contributed by atoms with E-state index in [4.69, 9.17) is 11.3 Å². The lowest BCUT2D eigenvalue weighted by Crippen LogP contribution is -2.04. The van der Waals surface area contributed by atoms with Crippen molar-refractivity contribution < 1.29 is 17.9 Å². The minimum Gasteiger partial charge on any atom is -0.494 e. The van der Waals surface area contributed by atoms with Gasteiger partial charge in [0.1, 0.15) is 11.4 Å². The summed E-state index contributed by atoms with van der Waals surface area (Å²) in [6, 6.07) is 10.3. The van der Waals surface area contributed by atoms with Gasteiger partial charge in [-0.25, -0.2) is 0 Å². The van der Waals surface area contributed by atoms with E-state index in [1.807, 2.05) is 6.92 Å². The molecule has 0 aliphatic carbocycles. The van der Waals surface area contributed by atoms with E-state index in [0.717, 1.165) is 12.1 Å². The molecule has 28 heavy (non-hydrogen) atoms. The van der Waals surface area contributed by atoms with Gasteiger partial charge in [-0.2, -0.15) is 13.2 Å². The third-order valence-corrected chi connectivity index (χ3v) is 3.83. The fraction of sp³-hybridized carbons (Fsp3) is 0.150. The monoisotopic (exact) mass is 384 g/mol. The molecule has 3 rings (SSSR count). The number of alkyl halides is 3. The number of hydrogen-bond donors (Lipinski definition) is 1. The number of aromatic nitrogens is 3. The van der Waals surface area contributed by atoms with E-state index in [0.29, 0.717) is 34.7 Å². The van der Waals surface area contributed by atoms with Gasteiger partial charge in [0.2, 0.25) is 0 Å². The van der Waals surface area contributed by atoms with E-state index in [1.165, 1.54) is 6.07 Å². The first-order chi connectivity index (χ1) is 13.4. The number of rotatable bonds is 5. The molecule has 0 bridgehead atoms. The Balaban J connectivity index is 1.98. The number of nitrogens with zero attached hydrogens (tertiary/aromatic N) is 3. The third kappa shape index (κ3) is 4.38. The number of ether oxygens (including phenoxy) is 1. The molecule has 2 aromatic carbocycles. The second-order valence-electron chi connectivity index (χ2n) is 5.79. The fourth-order valence-corrected chi connectivity index (χ4v) is 2.61. The van der Waals surface area contributed by atoms with Crippen molar-refractivity contribution in [3.63, 3.8) is 0 Å². The maximum Gasteiger partial charge on any atom is 0.416 e. The molecule has 0 atom stereocenters. The summed E-state index contributed by atoms with van der Waals surface area (Å²) in [7, 11) is 0. The molecule has 3 aromatic rings. The van der Waals surface area contributed by atoms with Crippen LogP contribution in [0.4, 0.5) is 19.0 Å². The van der Waals surface area contributed by atoms with Crippen LogP contribution < -0.4 is 4.74 Å². The zero-order chi connectivity index (χ0) is 20.1. The van der Waals surface area contributed by atoms with Crippen LogP contribution in [0.5, 0.6) is 5.75 Å². The van der Waals surface area contributed by atoms with Crippen molar-refractivity contribution >= 4 is 18.0 Å². The summed E-state index contributed by atoms with van der Waals surface area (Å²) in [6.45, 7) is 9.45. The lowest BCUT2D eigenvalue weighted by Gasteiger charge is -2.08. The number of halogens is 3. The second kappa shape index (κ2) is 7.96. The van der Waals surface area contributed by atoms with Gasteiger partial charge in [-0.3, -0.25) is 0 Å². The normalized spacial score (nSPS) is 11.5. The van der Waals surface area contributed by atoms with Crippen molar-refractivity contribution in [3.05, 3.63) is 70.6 Å². The van der Waals surface area contributed by atoms with Gasteiger partial charge in [-0.15, -0.1) is 10.3 Å². The zero-order valence-electron chi connectivity index (χ0n) is 14.8. The summed E-state index contributed by atoms with van der Waals surface area (Å²) in [6.07, 6.45) is -1.13. The molecule has 0 unspecified atom stereocenters. The van der Waals surface area contributed by atoms with Crippen LogP contribution in [0.15, 0.2) is 42.5 Å². The van der Waals surface area contributed by atoms with Crippen molar-refractivity contribution in [1.82, 2.24) is 15.4 Å². The molecule has 1 aromatic heterocycles. The Labute approximate surface area is 159 Å². The zero-order valence-corrected chi connectivity index (χ0v) is 14.8. The summed E-state index contributed by atoms with van der Waals surface area (Å²) in [5.74, 6) is 0.684. The van der Waals surface area contributed by atoms with Crippen LogP contribution in [0.1, 0.15) is 23.6 Å². The summed E-state index contributed by atoms with van der Waals surface area (Å²) >= 11 is 0. The van der Waals surface area contributed by atoms with Gasteiger partial charge in [0.15, 0.2) is 0 Å². The highest BCUT2D eigenvalue weighted by molar-refractivity contribution is 5.78. The molecule has 0 fully saturated rings. The first-order valence-electron chi connectivity index (χ1n) is 8.32. The van der Waals surface area contributed by atoms with Crippen LogP contribution in [0, 0.1) is 6.57 Å². The molecule has 0 saturated carbocycles. The maximum atomic E-state index is 12.9. The molecule has 0 amide bonds. The summed E-state index contributed by atoms with van der Waals surface area (Å²) < 4.78 is 44.2. The molecule has 0 aliphatic heterocycles. The van der Waals surface area contributed by atoms with Crippen LogP contribution in [-0.4, -0.2) is 22.0 Å². The van der Waals surface area contributed by atoms with Gasteiger partial charge in [-0.05, 0) is 59.0 Å². The molecule has 1 heterocycles. The number of H-pyrrole nitrogens is 1. The predicted molar refractivity (Wildman–Crippen MR) is 99.6 cm³/mol. The molecule has 0 saturated heterocycles. The molecular weight excluding hydrogens is 369 g/mol. The van der Waals surface area contributed by atoms with Crippen LogP contribution in [0.3, 0.4) is 0 Å². The highest BCUT2D eigenvalue weighted by atomic mass is 19.4. The third-order valence-electron chi connectivity index (χ3n) is 3.83. The minimum atomic E-state index is -4.39. The summed E-state index contributed by atoms with van der Waals surface area (Å²) in [5, 5.41) is 10.2. The van der Waals surface area contributed by atoms with Crippen molar-refractivity contribution in [2.75, 3.05) is 6.61 Å². The first kappa shape index (κ1) is 19.2. The highest BCUT2D eigenvalue weighted by Crippen LogP contribution is 2.32. The predicted octanol–water partition coefficient (Wildman–Crippen LogP) is 5.61. The Morgan fingerprint density at radius 1 is 1.11 bits per heavy atom. The van der Waals surface area contributed by atoms with E-state index in [2.05, 4.69) is 20.3 Å². The first-order valence-corrected chi connectivity index (χ1v) is 8.32. The van der Waals surface area contributed by atoms with Crippen molar-refractivity contribution in [1.29, 1.82) is 0 Å². The van der Waals surface area contributed by atoms with Gasteiger partial charge in [0, 0.05) is 0 Å². The second-order valence-corrected chi connectivity index (χ2v) is 5.79. The smallest absolute Gasteiger partial charge is 0.416 e. The van der Waals surface area contributed by atoms with E-state index < -0.39 is 11.7 Å². The molecule has 142 valence electrons. The largest absolute Gasteiger partial charge is 0.494 e. The standard InChI is InChI=1S/C20H15F3N4O/c1-3-28-17-11-14(9-15(12-17)18-19(24-2)26-27-25-18)8-7-13-5-4-6-16(10-13)20(21,22)23/h4-12H,3H2,1H3,(H,25,26,27)/b8-7+. The Morgan fingerprint density at radius 3 is 2.61 bits per heavy atom. The average Bonchev–Trinajstić information content (AvgIpc) is 3.15. The number of nitrogens with one attached hydrogen (secondary N) is 1. The summed E-state index contributed by atoms with van der Waals surface area (Å²) in [4.78, 5) is 3.32. The number of aromatic amines is 1. The lowest BCUT2D eigenvalue weighted by atomic mass is 10.0. The van der Waals surface area contributed by atoms with Gasteiger partial charge in [-0.1, -0.05) is 30.9 Å². The van der Waals surface area contributed by atoms with Crippen LogP contribution >= 0.6 is 0 Å². The SMILES string of the molecule is [C-]#[N+]c1n[nH]nc1-c1cc(/C=C/c2cccc(C(F)(F)F)c2)cc(OCC)c1. The molecule has 0 spiro atoms. The molecular formula is C20H15F3N4O. The van der Waals surface area contributed by atoms with Gasteiger partial charge in [0.05, 0.1) is 12.2 Å². The van der Waals surface area contributed by atoms with E-state index >= 15 is 0 Å². The molecule has 5 nitrogen and oxygen atoms in total. The Kier molecular flexibility index (Phi) is 5.45. The topological polar surface area (TPSA) is 55.2 Å². The van der Waals surface area contributed by atoms with Crippen molar-refractivity contribution in [3.8, 4) is 17.0 Å². The minimum absolute atomic E-state index is 0.126. The lowest BCUT2D eigenvalue weighted by molar-refractivity contribution is -0.137. The van der Waals surface area contributed by atoms with E-state index in [-0.39, 0.29) is 5.82 Å². The number of benzene rings is 2. The Bertz CT molecular complexity index is 1050. The summed E-state index contributed by atoms with van der Waals surface area (Å²) in [5.41, 5.74) is 1.40. The maximum absolute atomic E-state index is 12.9. The van der Waals surface area contributed by atoms with Crippen molar-refractivity contribution in [2.24, 2.45) is 0 Å². The number of hydrogen-bond acceptors (Lipinski definition) is 3. The highest BCUT2D eigenvalue weighted by Gasteiger charge is 2.30. The van der Waals surface area contributed by atoms with Crippen LogP contribution in [0.2, 0.25) is 0 Å². The molecule has 8 heteroatoms. The van der Waals surface area contributed by atoms with Crippen LogP contribution in [-0.2, 0) is 6.18 Å². The fourth-order valence-electron chi connectivity index (χ4n) is 2.61. The van der Waals surface area contributed by atoms with E-state index in [1.54, 1.807) is 36.4 Å². The van der Waals surface area contributed by atoms with Gasteiger partial charge in [0.25, 0.3) is 0 Å². The van der Waals surface area contributed by atoms with Crippen molar-refractivity contribution in [2.45, 2.75) is 13.1 Å². The average molecular weight is 384 g/mol.